The summed E-state index contributed by atoms with van der Waals surface area (Å²) in [6.07, 6.45) is -1.32. The lowest BCUT2D eigenvalue weighted by molar-refractivity contribution is -0.156. The quantitative estimate of drug-likeness (QED) is 0.775. The number of benzene rings is 1. The fourth-order valence-electron chi connectivity index (χ4n) is 1.68. The van der Waals surface area contributed by atoms with Gasteiger partial charge in [0.2, 0.25) is 0 Å². The molecule has 0 unspecified atom stereocenters. The maximum atomic E-state index is 10.8. The minimum atomic E-state index is -1.50. The first-order valence-corrected chi connectivity index (χ1v) is 5.57. The first-order valence-electron chi connectivity index (χ1n) is 5.57. The third-order valence-electron chi connectivity index (χ3n) is 2.57. The summed E-state index contributed by atoms with van der Waals surface area (Å²) in [4.78, 5) is 21.7. The van der Waals surface area contributed by atoms with E-state index in [4.69, 9.17) is 19.5 Å². The van der Waals surface area contributed by atoms with Gasteiger partial charge in [-0.2, -0.15) is 0 Å². The molecule has 1 aliphatic heterocycles. The minimum absolute atomic E-state index is 0.875. The molecule has 0 aliphatic carbocycles. The lowest BCUT2D eigenvalue weighted by Crippen LogP contribution is -2.36. The first kappa shape index (κ1) is 13.3. The number of hydrogen-bond donors (Lipinski definition) is 2. The molecular weight excluding hydrogens is 251 g/mol. The van der Waals surface area contributed by atoms with Crippen LogP contribution in [0.5, 0.6) is 0 Å². The van der Waals surface area contributed by atoms with E-state index in [0.717, 1.165) is 5.56 Å². The van der Waals surface area contributed by atoms with Gasteiger partial charge in [0.25, 0.3) is 0 Å². The van der Waals surface area contributed by atoms with Crippen molar-refractivity contribution in [2.24, 2.45) is 0 Å². The number of rotatable bonds is 4. The Morgan fingerprint density at radius 2 is 1.58 bits per heavy atom. The van der Waals surface area contributed by atoms with Gasteiger partial charge in [0, 0.05) is 0 Å². The lowest BCUT2D eigenvalue weighted by Gasteiger charge is -2.08. The van der Waals surface area contributed by atoms with Gasteiger partial charge in [-0.25, -0.2) is 9.59 Å². The van der Waals surface area contributed by atoms with Crippen molar-refractivity contribution in [3.05, 3.63) is 41.9 Å². The Balaban J connectivity index is 2.06. The fraction of sp³-hybridized carbons (Fsp3) is 0.167. The fourth-order valence-corrected chi connectivity index (χ4v) is 1.68. The van der Waals surface area contributed by atoms with Crippen LogP contribution in [0.25, 0.3) is 6.08 Å². The van der Waals surface area contributed by atoms with Crippen molar-refractivity contribution < 1.29 is 29.1 Å². The van der Waals surface area contributed by atoms with E-state index >= 15 is 0 Å². The molecule has 1 heterocycles. The predicted molar refractivity (Wildman–Crippen MR) is 66.2 cm³/mol. The maximum Gasteiger partial charge on any atom is 0.487 e. The molecule has 19 heavy (non-hydrogen) atoms. The van der Waals surface area contributed by atoms with Crippen LogP contribution in [0.4, 0.5) is 0 Å². The first-order chi connectivity index (χ1) is 9.08. The van der Waals surface area contributed by atoms with Crippen molar-refractivity contribution in [1.29, 1.82) is 0 Å². The molecular formula is C12H11BO6. The van der Waals surface area contributed by atoms with Crippen LogP contribution in [0.1, 0.15) is 5.56 Å². The molecule has 1 saturated heterocycles. The third kappa shape index (κ3) is 3.21. The van der Waals surface area contributed by atoms with E-state index < -0.39 is 31.3 Å². The highest BCUT2D eigenvalue weighted by molar-refractivity contribution is 6.53. The second-order valence-electron chi connectivity index (χ2n) is 3.93. The van der Waals surface area contributed by atoms with Crippen LogP contribution in [-0.4, -0.2) is 41.5 Å². The van der Waals surface area contributed by atoms with Crippen LogP contribution in [0.15, 0.2) is 36.3 Å². The van der Waals surface area contributed by atoms with Crippen molar-refractivity contribution in [2.75, 3.05) is 0 Å². The zero-order valence-corrected chi connectivity index (χ0v) is 9.80. The maximum absolute atomic E-state index is 10.8. The van der Waals surface area contributed by atoms with E-state index in [2.05, 4.69) is 0 Å². The average molecular weight is 262 g/mol. The number of carboxylic acids is 2. The highest BCUT2D eigenvalue weighted by Crippen LogP contribution is 2.18. The molecule has 0 amide bonds. The summed E-state index contributed by atoms with van der Waals surface area (Å²) in [5.41, 5.74) is 0.875. The second kappa shape index (κ2) is 5.68. The number of hydrogen-bond acceptors (Lipinski definition) is 4. The summed E-state index contributed by atoms with van der Waals surface area (Å²) in [7, 11) is -0.984. The standard InChI is InChI=1S/C12H11BO6/c14-11(15)9-10(12(16)17)19-13(18-9)7-6-8-4-2-1-3-5-8/h1-7,9-10H,(H,14,15)(H,16,17)/b7-6+/t9-,10-/m1/s1. The van der Waals surface area contributed by atoms with Crippen LogP contribution < -0.4 is 0 Å². The Kier molecular flexibility index (Phi) is 3.98. The van der Waals surface area contributed by atoms with E-state index in [9.17, 15) is 9.59 Å². The normalized spacial score (nSPS) is 22.8. The summed E-state index contributed by atoms with van der Waals surface area (Å²) in [5.74, 6) is -1.24. The van der Waals surface area contributed by atoms with Gasteiger partial charge in [0.1, 0.15) is 0 Å². The van der Waals surface area contributed by atoms with Gasteiger partial charge < -0.3 is 19.5 Å². The van der Waals surface area contributed by atoms with Gasteiger partial charge in [-0.1, -0.05) is 42.4 Å². The molecule has 1 aromatic carbocycles. The predicted octanol–water partition coefficient (Wildman–Crippen LogP) is 0.680. The van der Waals surface area contributed by atoms with Gasteiger partial charge in [0.05, 0.1) is 0 Å². The molecule has 0 radical (unpaired) electrons. The van der Waals surface area contributed by atoms with Crippen molar-refractivity contribution in [1.82, 2.24) is 0 Å². The molecule has 98 valence electrons. The molecule has 1 fully saturated rings. The third-order valence-corrected chi connectivity index (χ3v) is 2.57. The van der Waals surface area contributed by atoms with Crippen molar-refractivity contribution >= 4 is 25.1 Å². The summed E-state index contributed by atoms with van der Waals surface area (Å²) < 4.78 is 10.1. The Bertz CT molecular complexity index is 478. The molecule has 2 atom stereocenters. The summed E-state index contributed by atoms with van der Waals surface area (Å²) in [6.45, 7) is 0. The molecule has 0 spiro atoms. The van der Waals surface area contributed by atoms with Crippen LogP contribution >= 0.6 is 0 Å². The van der Waals surface area contributed by atoms with E-state index in [1.807, 2.05) is 30.3 Å². The molecule has 1 aromatic rings. The Labute approximate surface area is 109 Å². The molecule has 2 rings (SSSR count). The van der Waals surface area contributed by atoms with Gasteiger partial charge in [-0.15, -0.1) is 0 Å². The van der Waals surface area contributed by atoms with Gasteiger partial charge >= 0.3 is 19.1 Å². The average Bonchev–Trinajstić information content (AvgIpc) is 2.82. The highest BCUT2D eigenvalue weighted by atomic mass is 16.7. The molecule has 0 bridgehead atoms. The number of carbonyl (C=O) groups is 2. The van der Waals surface area contributed by atoms with Gasteiger partial charge in [-0.3, -0.25) is 0 Å². The highest BCUT2D eigenvalue weighted by Gasteiger charge is 2.46. The van der Waals surface area contributed by atoms with E-state index in [0.29, 0.717) is 0 Å². The monoisotopic (exact) mass is 262 g/mol. The zero-order chi connectivity index (χ0) is 13.8. The minimum Gasteiger partial charge on any atom is -0.479 e. The summed E-state index contributed by atoms with van der Waals surface area (Å²) in [5, 5.41) is 17.7. The molecule has 2 N–H and O–H groups in total. The summed E-state index contributed by atoms with van der Waals surface area (Å²) >= 11 is 0. The van der Waals surface area contributed by atoms with Crippen molar-refractivity contribution in [2.45, 2.75) is 12.2 Å². The van der Waals surface area contributed by atoms with Crippen LogP contribution in [0, 0.1) is 0 Å². The molecule has 0 aromatic heterocycles. The van der Waals surface area contributed by atoms with Crippen molar-refractivity contribution in [3.63, 3.8) is 0 Å². The second-order valence-corrected chi connectivity index (χ2v) is 3.93. The molecule has 0 saturated carbocycles. The molecule has 1 aliphatic rings. The van der Waals surface area contributed by atoms with Crippen LogP contribution in [-0.2, 0) is 18.9 Å². The van der Waals surface area contributed by atoms with Crippen LogP contribution in [0.3, 0.4) is 0 Å². The van der Waals surface area contributed by atoms with E-state index in [1.165, 1.54) is 5.98 Å². The van der Waals surface area contributed by atoms with E-state index in [1.54, 1.807) is 6.08 Å². The SMILES string of the molecule is O=C(O)[C@@H]1OB(/C=C/c2ccccc2)O[C@H]1C(=O)O. The Morgan fingerprint density at radius 3 is 2.05 bits per heavy atom. The number of carboxylic acid groups (broad SMARTS) is 2. The Hall–Kier alpha value is -2.12. The Morgan fingerprint density at radius 1 is 1.05 bits per heavy atom. The summed E-state index contributed by atoms with van der Waals surface area (Å²) in [6, 6.07) is 9.23. The molecule has 7 heteroatoms. The smallest absolute Gasteiger partial charge is 0.479 e. The van der Waals surface area contributed by atoms with Crippen LogP contribution in [0.2, 0.25) is 0 Å². The number of aliphatic carboxylic acids is 2. The zero-order valence-electron chi connectivity index (χ0n) is 9.80. The lowest BCUT2D eigenvalue weighted by atomic mass is 9.89. The van der Waals surface area contributed by atoms with Gasteiger partial charge in [-0.05, 0) is 5.56 Å². The topological polar surface area (TPSA) is 93.1 Å². The van der Waals surface area contributed by atoms with Crippen molar-refractivity contribution in [3.8, 4) is 0 Å². The van der Waals surface area contributed by atoms with Gasteiger partial charge in [0.15, 0.2) is 12.2 Å². The largest absolute Gasteiger partial charge is 0.487 e. The van der Waals surface area contributed by atoms with E-state index in [-0.39, 0.29) is 0 Å². The molecule has 6 nitrogen and oxygen atoms in total.